The van der Waals surface area contributed by atoms with E-state index in [1.807, 2.05) is 0 Å². The van der Waals surface area contributed by atoms with Crippen LogP contribution in [-0.2, 0) is 9.53 Å². The van der Waals surface area contributed by atoms with Gasteiger partial charge in [0.1, 0.15) is 11.4 Å². The van der Waals surface area contributed by atoms with Crippen LogP contribution in [0.25, 0.3) is 0 Å². The molecule has 2 saturated heterocycles. The molecule has 0 bridgehead atoms. The van der Waals surface area contributed by atoms with Crippen LogP contribution in [0.1, 0.15) is 57.9 Å². The molecular formula is C22H31F2N3O3. The Hall–Kier alpha value is -2.38. The van der Waals surface area contributed by atoms with Crippen LogP contribution in [0.2, 0.25) is 0 Å². The van der Waals surface area contributed by atoms with E-state index in [0.717, 1.165) is 0 Å². The number of amides is 2. The van der Waals surface area contributed by atoms with Crippen LogP contribution in [-0.4, -0.2) is 59.2 Å². The standard InChI is InChI=1S/C22H31F2N3O3/c1-21(2,3)30-20(29)27-12-8-22(24,9-13-27)19(28)26-10-6-15(7-11-26)17-5-4-16(25)14-18(17)23/h4-5,14-15H,6-13,25H2,1-3H3. The van der Waals surface area contributed by atoms with Crippen LogP contribution in [0.15, 0.2) is 18.2 Å². The molecule has 0 unspecified atom stereocenters. The van der Waals surface area contributed by atoms with Gasteiger partial charge in [-0.25, -0.2) is 13.6 Å². The Morgan fingerprint density at radius 3 is 2.23 bits per heavy atom. The molecule has 0 atom stereocenters. The van der Waals surface area contributed by atoms with Crippen molar-refractivity contribution < 1.29 is 23.1 Å². The molecule has 0 saturated carbocycles. The van der Waals surface area contributed by atoms with E-state index in [2.05, 4.69) is 0 Å². The van der Waals surface area contributed by atoms with Crippen molar-refractivity contribution in [2.45, 2.75) is 63.6 Å². The molecule has 0 spiro atoms. The van der Waals surface area contributed by atoms with Crippen LogP contribution in [0.3, 0.4) is 0 Å². The minimum absolute atomic E-state index is 0.0146. The molecule has 8 heteroatoms. The van der Waals surface area contributed by atoms with E-state index < -0.39 is 23.3 Å². The number of nitrogens with zero attached hydrogens (tertiary/aromatic N) is 2. The lowest BCUT2D eigenvalue weighted by Crippen LogP contribution is -2.55. The van der Waals surface area contributed by atoms with Gasteiger partial charge in [0, 0.05) is 44.7 Å². The van der Waals surface area contributed by atoms with E-state index in [9.17, 15) is 14.0 Å². The number of carbonyl (C=O) groups excluding carboxylic acids is 2. The quantitative estimate of drug-likeness (QED) is 0.733. The number of nitrogen functional groups attached to an aromatic ring is 1. The van der Waals surface area contributed by atoms with Crippen molar-refractivity contribution in [3.05, 3.63) is 29.6 Å². The van der Waals surface area contributed by atoms with Crippen molar-refractivity contribution in [3.8, 4) is 0 Å². The minimum Gasteiger partial charge on any atom is -0.444 e. The molecule has 2 aliphatic rings. The maximum atomic E-state index is 15.4. The maximum absolute atomic E-state index is 15.4. The van der Waals surface area contributed by atoms with Gasteiger partial charge in [0.15, 0.2) is 5.67 Å². The molecule has 0 radical (unpaired) electrons. The van der Waals surface area contributed by atoms with Gasteiger partial charge in [-0.05, 0) is 57.2 Å². The summed E-state index contributed by atoms with van der Waals surface area (Å²) in [6, 6.07) is 4.67. The highest BCUT2D eigenvalue weighted by molar-refractivity contribution is 5.85. The van der Waals surface area contributed by atoms with Gasteiger partial charge in [0.2, 0.25) is 0 Å². The largest absolute Gasteiger partial charge is 0.444 e. The smallest absolute Gasteiger partial charge is 0.410 e. The van der Waals surface area contributed by atoms with Crippen molar-refractivity contribution in [1.29, 1.82) is 0 Å². The summed E-state index contributed by atoms with van der Waals surface area (Å²) in [5.74, 6) is -0.877. The third-order valence-electron chi connectivity index (χ3n) is 5.84. The predicted molar refractivity (Wildman–Crippen MR) is 110 cm³/mol. The molecule has 30 heavy (non-hydrogen) atoms. The van der Waals surface area contributed by atoms with E-state index in [-0.39, 0.29) is 37.7 Å². The summed E-state index contributed by atoms with van der Waals surface area (Å²) in [7, 11) is 0. The number of carbonyl (C=O) groups is 2. The molecule has 1 aromatic carbocycles. The maximum Gasteiger partial charge on any atom is 0.410 e. The third-order valence-corrected chi connectivity index (χ3v) is 5.84. The lowest BCUT2D eigenvalue weighted by molar-refractivity contribution is -0.148. The molecule has 1 aromatic rings. The molecule has 2 aliphatic heterocycles. The number of nitrogens with two attached hydrogens (primary N) is 1. The number of ether oxygens (including phenoxy) is 1. The summed E-state index contributed by atoms with van der Waals surface area (Å²) in [6.45, 7) is 6.38. The fourth-order valence-corrected chi connectivity index (χ4v) is 4.14. The first-order chi connectivity index (χ1) is 14.0. The molecule has 2 heterocycles. The van der Waals surface area contributed by atoms with Crippen molar-refractivity contribution >= 4 is 17.7 Å². The van der Waals surface area contributed by atoms with Gasteiger partial charge in [-0.3, -0.25) is 4.79 Å². The molecule has 2 amide bonds. The Morgan fingerprint density at radius 1 is 1.10 bits per heavy atom. The van der Waals surface area contributed by atoms with Gasteiger partial charge in [0.25, 0.3) is 5.91 Å². The monoisotopic (exact) mass is 423 g/mol. The Bertz CT molecular complexity index is 793. The Balaban J connectivity index is 1.54. The van der Waals surface area contributed by atoms with Crippen molar-refractivity contribution in [2.75, 3.05) is 31.9 Å². The molecule has 2 N–H and O–H groups in total. The average molecular weight is 424 g/mol. The lowest BCUT2D eigenvalue weighted by Gasteiger charge is -2.40. The molecule has 3 rings (SSSR count). The van der Waals surface area contributed by atoms with Gasteiger partial charge >= 0.3 is 6.09 Å². The Morgan fingerprint density at radius 2 is 1.70 bits per heavy atom. The van der Waals surface area contributed by atoms with Crippen LogP contribution >= 0.6 is 0 Å². The van der Waals surface area contributed by atoms with Crippen LogP contribution in [0.4, 0.5) is 19.3 Å². The summed E-state index contributed by atoms with van der Waals surface area (Å²) in [5, 5.41) is 0. The Labute approximate surface area is 176 Å². The predicted octanol–water partition coefficient (Wildman–Crippen LogP) is 3.85. The SMILES string of the molecule is CC(C)(C)OC(=O)N1CCC(F)(C(=O)N2CCC(c3ccc(N)cc3F)CC2)CC1. The molecule has 6 nitrogen and oxygen atoms in total. The summed E-state index contributed by atoms with van der Waals surface area (Å²) < 4.78 is 34.9. The highest BCUT2D eigenvalue weighted by atomic mass is 19.1. The highest BCUT2D eigenvalue weighted by Crippen LogP contribution is 2.34. The van der Waals surface area contributed by atoms with E-state index in [1.54, 1.807) is 32.9 Å². The summed E-state index contributed by atoms with van der Waals surface area (Å²) in [4.78, 5) is 28.0. The minimum atomic E-state index is -1.97. The van der Waals surface area contributed by atoms with Gasteiger partial charge in [-0.1, -0.05) is 6.07 Å². The first-order valence-electron chi connectivity index (χ1n) is 10.5. The number of rotatable bonds is 2. The van der Waals surface area contributed by atoms with Crippen molar-refractivity contribution in [2.24, 2.45) is 0 Å². The zero-order valence-electron chi connectivity index (χ0n) is 17.9. The lowest BCUT2D eigenvalue weighted by atomic mass is 9.86. The molecular weight excluding hydrogens is 392 g/mol. The number of hydrogen-bond acceptors (Lipinski definition) is 4. The zero-order chi connectivity index (χ0) is 22.1. The number of alkyl halides is 1. The number of hydrogen-bond donors (Lipinski definition) is 1. The van der Waals surface area contributed by atoms with Crippen LogP contribution in [0, 0.1) is 5.82 Å². The molecule has 2 fully saturated rings. The van der Waals surface area contributed by atoms with E-state index in [1.165, 1.54) is 15.9 Å². The number of halogens is 2. The second-order valence-corrected chi connectivity index (χ2v) is 9.28. The summed E-state index contributed by atoms with van der Waals surface area (Å²) in [6.07, 6.45) is 0.581. The molecule has 0 aliphatic carbocycles. The normalized spacial score (nSPS) is 20.2. The van der Waals surface area contributed by atoms with E-state index in [4.69, 9.17) is 10.5 Å². The van der Waals surface area contributed by atoms with Gasteiger partial charge in [-0.15, -0.1) is 0 Å². The molecule has 166 valence electrons. The summed E-state index contributed by atoms with van der Waals surface area (Å²) in [5.41, 5.74) is 3.98. The van der Waals surface area contributed by atoms with E-state index in [0.29, 0.717) is 37.2 Å². The zero-order valence-corrected chi connectivity index (χ0v) is 17.9. The molecule has 0 aromatic heterocycles. The van der Waals surface area contributed by atoms with E-state index >= 15 is 4.39 Å². The Kier molecular flexibility index (Phi) is 6.24. The average Bonchev–Trinajstić information content (AvgIpc) is 2.67. The highest BCUT2D eigenvalue weighted by Gasteiger charge is 2.46. The van der Waals surface area contributed by atoms with Gasteiger partial charge in [-0.2, -0.15) is 0 Å². The number of benzene rings is 1. The fraction of sp³-hybridized carbons (Fsp3) is 0.636. The third kappa shape index (κ3) is 5.02. The first-order valence-corrected chi connectivity index (χ1v) is 10.5. The van der Waals surface area contributed by atoms with Crippen LogP contribution in [0.5, 0.6) is 0 Å². The fourth-order valence-electron chi connectivity index (χ4n) is 4.14. The second kappa shape index (κ2) is 8.40. The van der Waals surface area contributed by atoms with Crippen molar-refractivity contribution in [3.63, 3.8) is 0 Å². The first kappa shape index (κ1) is 22.3. The number of piperidine rings is 2. The van der Waals surface area contributed by atoms with Gasteiger partial charge < -0.3 is 20.3 Å². The topological polar surface area (TPSA) is 75.9 Å². The number of likely N-dealkylation sites (tertiary alicyclic amines) is 2. The second-order valence-electron chi connectivity index (χ2n) is 9.28. The summed E-state index contributed by atoms with van der Waals surface area (Å²) >= 11 is 0. The van der Waals surface area contributed by atoms with Crippen molar-refractivity contribution in [1.82, 2.24) is 9.80 Å². The van der Waals surface area contributed by atoms with Gasteiger partial charge in [0.05, 0.1) is 0 Å². The number of anilines is 1. The van der Waals surface area contributed by atoms with Crippen LogP contribution < -0.4 is 5.73 Å².